The lowest BCUT2D eigenvalue weighted by atomic mass is 10.1. The number of rotatable bonds is 6. The molecule has 1 N–H and O–H groups in total. The van der Waals surface area contributed by atoms with Gasteiger partial charge in [-0.2, -0.15) is 4.98 Å². The van der Waals surface area contributed by atoms with Crippen LogP contribution >= 0.6 is 0 Å². The zero-order valence-electron chi connectivity index (χ0n) is 13.2. The second-order valence-electron chi connectivity index (χ2n) is 5.91. The van der Waals surface area contributed by atoms with Gasteiger partial charge in [-0.05, 0) is 13.3 Å². The highest BCUT2D eigenvalue weighted by atomic mass is 16.5. The van der Waals surface area contributed by atoms with Crippen LogP contribution in [-0.2, 0) is 16.0 Å². The fraction of sp³-hybridized carbons (Fsp3) is 0.471. The molecule has 1 saturated heterocycles. The molecule has 0 unspecified atom stereocenters. The number of ether oxygens (including phenoxy) is 1. The maximum atomic E-state index is 11.8. The standard InChI is InChI=1S/C17H21N3O3/c1-12-2-4-14(5-3-12)17-19-16(23-20-17)7-6-15(21)18-10-13-8-9-22-11-13/h2-5,13H,6-11H2,1H3,(H,18,21)/t13-/m1/s1. The van der Waals surface area contributed by atoms with Gasteiger partial charge >= 0.3 is 0 Å². The maximum Gasteiger partial charge on any atom is 0.227 e. The van der Waals surface area contributed by atoms with E-state index in [1.165, 1.54) is 5.56 Å². The Morgan fingerprint density at radius 2 is 2.17 bits per heavy atom. The zero-order chi connectivity index (χ0) is 16.1. The molecule has 1 fully saturated rings. The van der Waals surface area contributed by atoms with Crippen LogP contribution in [0.4, 0.5) is 0 Å². The Hall–Kier alpha value is -2.21. The largest absolute Gasteiger partial charge is 0.381 e. The number of nitrogens with zero attached hydrogens (tertiary/aromatic N) is 2. The molecule has 2 aromatic rings. The summed E-state index contributed by atoms with van der Waals surface area (Å²) in [6, 6.07) is 7.93. The van der Waals surface area contributed by atoms with Crippen molar-refractivity contribution in [1.82, 2.24) is 15.5 Å². The highest BCUT2D eigenvalue weighted by molar-refractivity contribution is 5.76. The summed E-state index contributed by atoms with van der Waals surface area (Å²) in [4.78, 5) is 16.2. The van der Waals surface area contributed by atoms with Gasteiger partial charge in [0, 0.05) is 37.5 Å². The SMILES string of the molecule is Cc1ccc(-c2noc(CCC(=O)NC[C@H]3CCOC3)n2)cc1. The number of hydrogen-bond acceptors (Lipinski definition) is 5. The van der Waals surface area contributed by atoms with Crippen molar-refractivity contribution in [2.75, 3.05) is 19.8 Å². The first-order valence-electron chi connectivity index (χ1n) is 7.95. The number of amides is 1. The van der Waals surface area contributed by atoms with Crippen LogP contribution in [0.15, 0.2) is 28.8 Å². The molecule has 0 radical (unpaired) electrons. The third kappa shape index (κ3) is 4.39. The van der Waals surface area contributed by atoms with E-state index in [0.29, 0.717) is 37.0 Å². The molecule has 1 atom stereocenters. The Bertz CT molecular complexity index is 645. The fourth-order valence-electron chi connectivity index (χ4n) is 2.49. The molecule has 6 nitrogen and oxygen atoms in total. The van der Waals surface area contributed by atoms with Gasteiger partial charge in [0.25, 0.3) is 0 Å². The molecule has 6 heteroatoms. The monoisotopic (exact) mass is 315 g/mol. The minimum absolute atomic E-state index is 0.00647. The van der Waals surface area contributed by atoms with E-state index in [0.717, 1.165) is 25.2 Å². The maximum absolute atomic E-state index is 11.8. The third-order valence-electron chi connectivity index (χ3n) is 3.96. The van der Waals surface area contributed by atoms with E-state index < -0.39 is 0 Å². The molecule has 2 heterocycles. The molecule has 1 aliphatic rings. The summed E-state index contributed by atoms with van der Waals surface area (Å²) >= 11 is 0. The van der Waals surface area contributed by atoms with Gasteiger partial charge in [-0.1, -0.05) is 35.0 Å². The summed E-state index contributed by atoms with van der Waals surface area (Å²) < 4.78 is 10.5. The van der Waals surface area contributed by atoms with Crippen LogP contribution in [0.1, 0.15) is 24.3 Å². The first-order chi connectivity index (χ1) is 11.2. The summed E-state index contributed by atoms with van der Waals surface area (Å²) in [6.45, 7) is 4.24. The smallest absolute Gasteiger partial charge is 0.227 e. The molecule has 1 aromatic heterocycles. The number of nitrogens with one attached hydrogen (secondary N) is 1. The van der Waals surface area contributed by atoms with Crippen molar-refractivity contribution in [2.24, 2.45) is 5.92 Å². The first-order valence-corrected chi connectivity index (χ1v) is 7.95. The van der Waals surface area contributed by atoms with Crippen LogP contribution < -0.4 is 5.32 Å². The summed E-state index contributed by atoms with van der Waals surface area (Å²) in [5.74, 6) is 1.49. The number of aromatic nitrogens is 2. The van der Waals surface area contributed by atoms with E-state index >= 15 is 0 Å². The number of hydrogen-bond donors (Lipinski definition) is 1. The molecule has 0 spiro atoms. The van der Waals surface area contributed by atoms with Crippen LogP contribution in [0.25, 0.3) is 11.4 Å². The van der Waals surface area contributed by atoms with Gasteiger partial charge in [-0.15, -0.1) is 0 Å². The second kappa shape index (κ2) is 7.37. The molecule has 1 aromatic carbocycles. The minimum atomic E-state index is 0.00647. The van der Waals surface area contributed by atoms with Gasteiger partial charge in [0.1, 0.15) is 0 Å². The van der Waals surface area contributed by atoms with Crippen LogP contribution in [-0.4, -0.2) is 35.8 Å². The fourth-order valence-corrected chi connectivity index (χ4v) is 2.49. The Balaban J connectivity index is 1.47. The summed E-state index contributed by atoms with van der Waals surface area (Å²) in [5.41, 5.74) is 2.10. The summed E-state index contributed by atoms with van der Waals surface area (Å²) in [6.07, 6.45) is 1.82. The predicted molar refractivity (Wildman–Crippen MR) is 84.7 cm³/mol. The Kier molecular flexibility index (Phi) is 5.02. The molecule has 1 aliphatic heterocycles. The summed E-state index contributed by atoms with van der Waals surface area (Å²) in [5, 5.41) is 6.90. The van der Waals surface area contributed by atoms with Crippen LogP contribution in [0.3, 0.4) is 0 Å². The van der Waals surface area contributed by atoms with Crippen molar-refractivity contribution < 1.29 is 14.1 Å². The third-order valence-corrected chi connectivity index (χ3v) is 3.96. The van der Waals surface area contributed by atoms with Crippen LogP contribution in [0, 0.1) is 12.8 Å². The number of carbonyl (C=O) groups excluding carboxylic acids is 1. The lowest BCUT2D eigenvalue weighted by Gasteiger charge is -2.08. The molecule has 0 bridgehead atoms. The van der Waals surface area contributed by atoms with Gasteiger partial charge in [-0.3, -0.25) is 4.79 Å². The second-order valence-corrected chi connectivity index (χ2v) is 5.91. The molecule has 122 valence electrons. The number of carbonyl (C=O) groups is 1. The van der Waals surface area contributed by atoms with Crippen LogP contribution in [0.5, 0.6) is 0 Å². The van der Waals surface area contributed by atoms with Gasteiger partial charge in [0.2, 0.25) is 17.6 Å². The van der Waals surface area contributed by atoms with Crippen molar-refractivity contribution in [3.05, 3.63) is 35.7 Å². The van der Waals surface area contributed by atoms with Crippen molar-refractivity contribution in [3.8, 4) is 11.4 Å². The summed E-state index contributed by atoms with van der Waals surface area (Å²) in [7, 11) is 0. The first kappa shape index (κ1) is 15.7. The zero-order valence-corrected chi connectivity index (χ0v) is 13.2. The highest BCUT2D eigenvalue weighted by Crippen LogP contribution is 2.17. The van der Waals surface area contributed by atoms with E-state index in [9.17, 15) is 4.79 Å². The molecule has 0 saturated carbocycles. The van der Waals surface area contributed by atoms with Gasteiger partial charge in [0.15, 0.2) is 0 Å². The number of benzene rings is 1. The van der Waals surface area contributed by atoms with Crippen LogP contribution in [0.2, 0.25) is 0 Å². The van der Waals surface area contributed by atoms with Gasteiger partial charge in [0.05, 0.1) is 6.61 Å². The van der Waals surface area contributed by atoms with E-state index in [-0.39, 0.29) is 5.91 Å². The number of aryl methyl sites for hydroxylation is 2. The average molecular weight is 315 g/mol. The van der Waals surface area contributed by atoms with E-state index in [1.807, 2.05) is 31.2 Å². The van der Waals surface area contributed by atoms with E-state index in [4.69, 9.17) is 9.26 Å². The minimum Gasteiger partial charge on any atom is -0.381 e. The quantitative estimate of drug-likeness (QED) is 0.883. The molecule has 0 aliphatic carbocycles. The average Bonchev–Trinajstić information content (AvgIpc) is 3.23. The Morgan fingerprint density at radius 3 is 2.91 bits per heavy atom. The predicted octanol–water partition coefficient (Wildman–Crippen LogP) is 2.13. The van der Waals surface area contributed by atoms with Crippen molar-refractivity contribution in [3.63, 3.8) is 0 Å². The Labute approximate surface area is 135 Å². The lowest BCUT2D eigenvalue weighted by molar-refractivity contribution is -0.121. The highest BCUT2D eigenvalue weighted by Gasteiger charge is 2.16. The Morgan fingerprint density at radius 1 is 1.35 bits per heavy atom. The van der Waals surface area contributed by atoms with Crippen molar-refractivity contribution >= 4 is 5.91 Å². The van der Waals surface area contributed by atoms with Gasteiger partial charge < -0.3 is 14.6 Å². The van der Waals surface area contributed by atoms with E-state index in [1.54, 1.807) is 0 Å². The van der Waals surface area contributed by atoms with Gasteiger partial charge in [-0.25, -0.2) is 0 Å². The molecule has 3 rings (SSSR count). The van der Waals surface area contributed by atoms with Crippen molar-refractivity contribution in [2.45, 2.75) is 26.2 Å². The normalized spacial score (nSPS) is 17.3. The molecule has 1 amide bonds. The van der Waals surface area contributed by atoms with E-state index in [2.05, 4.69) is 15.5 Å². The molecular weight excluding hydrogens is 294 g/mol. The molecule has 23 heavy (non-hydrogen) atoms. The topological polar surface area (TPSA) is 77.2 Å². The lowest BCUT2D eigenvalue weighted by Crippen LogP contribution is -2.29. The molecular formula is C17H21N3O3. The van der Waals surface area contributed by atoms with Crippen molar-refractivity contribution in [1.29, 1.82) is 0 Å².